The fourth-order valence-electron chi connectivity index (χ4n) is 4.74. The molecule has 0 N–H and O–H groups in total. The van der Waals surface area contributed by atoms with E-state index in [1.54, 1.807) is 6.20 Å². The largest absolute Gasteiger partial charge is 0.491 e. The van der Waals surface area contributed by atoms with Crippen LogP contribution >= 0.6 is 11.6 Å². The van der Waals surface area contributed by atoms with Gasteiger partial charge in [0.25, 0.3) is 0 Å². The van der Waals surface area contributed by atoms with Crippen LogP contribution in [0.15, 0.2) is 36.5 Å². The van der Waals surface area contributed by atoms with Gasteiger partial charge in [-0.25, -0.2) is 9.97 Å². The van der Waals surface area contributed by atoms with Crippen LogP contribution in [0, 0.1) is 0 Å². The lowest BCUT2D eigenvalue weighted by molar-refractivity contribution is 0.0672. The first-order chi connectivity index (χ1) is 15.2. The van der Waals surface area contributed by atoms with Gasteiger partial charge in [-0.3, -0.25) is 4.90 Å². The van der Waals surface area contributed by atoms with Crippen LogP contribution in [0.5, 0.6) is 5.75 Å². The fraction of sp³-hybridized carbons (Fsp3) is 0.500. The number of rotatable bonds is 6. The number of imidazole rings is 1. The standard InChI is InChI=1S/C24H29ClN4O2/c1-28-21-5-2-10-26-24(21)27-23(28)15-29-11-8-17(9-12-29)20-14-18(25)6-7-22(20)31-16-19-4-3-13-30-19/h2,5-7,10,14,17,19H,3-4,8-9,11-13,15-16H2,1H3. The van der Waals surface area contributed by atoms with Crippen molar-refractivity contribution in [2.45, 2.75) is 44.2 Å². The van der Waals surface area contributed by atoms with Crippen LogP contribution in [0.25, 0.3) is 11.2 Å². The highest BCUT2D eigenvalue weighted by atomic mass is 35.5. The maximum atomic E-state index is 6.35. The number of pyridine rings is 1. The number of nitrogens with zero attached hydrogens (tertiary/aromatic N) is 4. The minimum atomic E-state index is 0.216. The Hall–Kier alpha value is -2.15. The zero-order valence-electron chi connectivity index (χ0n) is 18.0. The summed E-state index contributed by atoms with van der Waals surface area (Å²) in [7, 11) is 2.07. The molecule has 0 spiro atoms. The molecule has 0 bridgehead atoms. The van der Waals surface area contributed by atoms with Gasteiger partial charge in [0.15, 0.2) is 5.65 Å². The lowest BCUT2D eigenvalue weighted by atomic mass is 9.88. The molecule has 1 aromatic carbocycles. The number of benzene rings is 1. The summed E-state index contributed by atoms with van der Waals surface area (Å²) in [5.74, 6) is 2.48. The van der Waals surface area contributed by atoms with Gasteiger partial charge < -0.3 is 14.0 Å². The van der Waals surface area contributed by atoms with Crippen LogP contribution < -0.4 is 4.74 Å². The quantitative estimate of drug-likeness (QED) is 0.562. The average molecular weight is 441 g/mol. The van der Waals surface area contributed by atoms with Crippen molar-refractivity contribution in [3.05, 3.63) is 52.9 Å². The van der Waals surface area contributed by atoms with Crippen molar-refractivity contribution < 1.29 is 9.47 Å². The third-order valence-corrected chi connectivity index (χ3v) is 6.80. The van der Waals surface area contributed by atoms with Crippen LogP contribution in [0.2, 0.25) is 5.02 Å². The van der Waals surface area contributed by atoms with Crippen LogP contribution in [-0.2, 0) is 18.3 Å². The van der Waals surface area contributed by atoms with Gasteiger partial charge in [-0.05, 0) is 80.6 Å². The van der Waals surface area contributed by atoms with E-state index in [4.69, 9.17) is 26.1 Å². The van der Waals surface area contributed by atoms with E-state index in [9.17, 15) is 0 Å². The monoisotopic (exact) mass is 440 g/mol. The van der Waals surface area contributed by atoms with Crippen molar-refractivity contribution in [1.29, 1.82) is 0 Å². The first-order valence-corrected chi connectivity index (χ1v) is 11.6. The fourth-order valence-corrected chi connectivity index (χ4v) is 4.93. The minimum absolute atomic E-state index is 0.216. The zero-order chi connectivity index (χ0) is 21.2. The maximum absolute atomic E-state index is 6.35. The summed E-state index contributed by atoms with van der Waals surface area (Å²) in [6.07, 6.45) is 6.39. The molecule has 4 heterocycles. The summed E-state index contributed by atoms with van der Waals surface area (Å²) in [5, 5.41) is 0.772. The summed E-state index contributed by atoms with van der Waals surface area (Å²) in [5.41, 5.74) is 3.14. The van der Waals surface area contributed by atoms with E-state index >= 15 is 0 Å². The molecule has 2 aliphatic rings. The first-order valence-electron chi connectivity index (χ1n) is 11.2. The third kappa shape index (κ3) is 4.56. The van der Waals surface area contributed by atoms with Gasteiger partial charge in [-0.2, -0.15) is 0 Å². The number of ether oxygens (including phenoxy) is 2. The van der Waals surface area contributed by atoms with Crippen LogP contribution in [0.3, 0.4) is 0 Å². The van der Waals surface area contributed by atoms with Crippen molar-refractivity contribution in [3.63, 3.8) is 0 Å². The van der Waals surface area contributed by atoms with Crippen molar-refractivity contribution in [2.75, 3.05) is 26.3 Å². The zero-order valence-corrected chi connectivity index (χ0v) is 18.7. The predicted octanol–water partition coefficient (Wildman–Crippen LogP) is 4.56. The number of likely N-dealkylation sites (tertiary alicyclic amines) is 1. The molecule has 0 aliphatic carbocycles. The molecule has 7 heteroatoms. The molecule has 2 saturated heterocycles. The molecule has 0 radical (unpaired) electrons. The number of aryl methyl sites for hydroxylation is 1. The van der Waals surface area contributed by atoms with Crippen LogP contribution in [0.4, 0.5) is 0 Å². The number of piperidine rings is 1. The van der Waals surface area contributed by atoms with E-state index in [0.29, 0.717) is 12.5 Å². The SMILES string of the molecule is Cn1c(CN2CCC(c3cc(Cl)ccc3OCC3CCCO3)CC2)nc2ncccc21. The molecule has 1 atom stereocenters. The van der Waals surface area contributed by atoms with Crippen molar-refractivity contribution in [2.24, 2.45) is 7.05 Å². The summed E-state index contributed by atoms with van der Waals surface area (Å²) in [6.45, 7) is 4.37. The Labute approximate surface area is 188 Å². The molecule has 5 rings (SSSR count). The summed E-state index contributed by atoms with van der Waals surface area (Å²) in [6, 6.07) is 10.1. The number of fused-ring (bicyclic) bond motifs is 1. The van der Waals surface area contributed by atoms with Gasteiger partial charge in [0.1, 0.15) is 18.2 Å². The highest BCUT2D eigenvalue weighted by Crippen LogP contribution is 2.36. The second-order valence-corrected chi connectivity index (χ2v) is 9.05. The molecule has 2 fully saturated rings. The lowest BCUT2D eigenvalue weighted by Gasteiger charge is -2.32. The number of aromatic nitrogens is 3. The summed E-state index contributed by atoms with van der Waals surface area (Å²) >= 11 is 6.35. The Morgan fingerprint density at radius 1 is 1.19 bits per heavy atom. The van der Waals surface area contributed by atoms with Gasteiger partial charge in [0, 0.05) is 24.9 Å². The van der Waals surface area contributed by atoms with E-state index < -0.39 is 0 Å². The molecule has 0 saturated carbocycles. The molecule has 3 aromatic rings. The number of hydrogen-bond acceptors (Lipinski definition) is 5. The highest BCUT2D eigenvalue weighted by molar-refractivity contribution is 6.30. The Kier molecular flexibility index (Phi) is 6.12. The smallest absolute Gasteiger partial charge is 0.177 e. The van der Waals surface area contributed by atoms with Gasteiger partial charge in [0.2, 0.25) is 0 Å². The topological polar surface area (TPSA) is 52.4 Å². The Morgan fingerprint density at radius 2 is 2.06 bits per heavy atom. The molecular formula is C24H29ClN4O2. The van der Waals surface area contributed by atoms with E-state index in [1.807, 2.05) is 18.2 Å². The normalized spacial score (nSPS) is 20.5. The second-order valence-electron chi connectivity index (χ2n) is 8.61. The molecule has 0 amide bonds. The van der Waals surface area contributed by atoms with Crippen LogP contribution in [0.1, 0.15) is 43.0 Å². The second kappa shape index (κ2) is 9.15. The minimum Gasteiger partial charge on any atom is -0.491 e. The highest BCUT2D eigenvalue weighted by Gasteiger charge is 2.25. The predicted molar refractivity (Wildman–Crippen MR) is 122 cm³/mol. The third-order valence-electron chi connectivity index (χ3n) is 6.56. The summed E-state index contributed by atoms with van der Waals surface area (Å²) < 4.78 is 14.1. The van der Waals surface area contributed by atoms with Crippen molar-refractivity contribution >= 4 is 22.8 Å². The Balaban J connectivity index is 1.23. The van der Waals surface area contributed by atoms with Gasteiger partial charge in [-0.1, -0.05) is 11.6 Å². The first kappa shape index (κ1) is 20.7. The number of halogens is 1. The van der Waals surface area contributed by atoms with E-state index in [2.05, 4.69) is 33.6 Å². The maximum Gasteiger partial charge on any atom is 0.177 e. The number of hydrogen-bond donors (Lipinski definition) is 0. The van der Waals surface area contributed by atoms with Crippen molar-refractivity contribution in [3.8, 4) is 5.75 Å². The molecule has 164 valence electrons. The van der Waals surface area contributed by atoms with E-state index in [0.717, 1.165) is 79.7 Å². The molecule has 31 heavy (non-hydrogen) atoms. The lowest BCUT2D eigenvalue weighted by Crippen LogP contribution is -2.33. The average Bonchev–Trinajstić information content (AvgIpc) is 3.42. The van der Waals surface area contributed by atoms with Gasteiger partial charge >= 0.3 is 0 Å². The molecule has 1 unspecified atom stereocenters. The summed E-state index contributed by atoms with van der Waals surface area (Å²) in [4.78, 5) is 11.6. The van der Waals surface area contributed by atoms with Gasteiger partial charge in [0.05, 0.1) is 18.2 Å². The molecular weight excluding hydrogens is 412 g/mol. The van der Waals surface area contributed by atoms with E-state index in [-0.39, 0.29) is 6.10 Å². The Morgan fingerprint density at radius 3 is 2.84 bits per heavy atom. The van der Waals surface area contributed by atoms with Gasteiger partial charge in [-0.15, -0.1) is 0 Å². The molecule has 2 aliphatic heterocycles. The molecule has 2 aromatic heterocycles. The van der Waals surface area contributed by atoms with Crippen LogP contribution in [-0.4, -0.2) is 51.8 Å². The van der Waals surface area contributed by atoms with Crippen molar-refractivity contribution in [1.82, 2.24) is 19.4 Å². The molecule has 6 nitrogen and oxygen atoms in total. The Bertz CT molecular complexity index is 1040. The van der Waals surface area contributed by atoms with E-state index in [1.165, 1.54) is 5.56 Å².